The molecule has 0 amide bonds. The maximum Gasteiger partial charge on any atom is 0.136 e. The minimum atomic E-state index is 0.970. The van der Waals surface area contributed by atoms with Crippen LogP contribution in [0.4, 0.5) is 0 Å². The molecule has 6 aromatic rings. The summed E-state index contributed by atoms with van der Waals surface area (Å²) >= 11 is 0. The van der Waals surface area contributed by atoms with Crippen LogP contribution in [-0.4, -0.2) is 4.98 Å². The summed E-state index contributed by atoms with van der Waals surface area (Å²) in [4.78, 5) is 3.59. The number of aromatic amines is 1. The first kappa shape index (κ1) is 11.3. The van der Waals surface area contributed by atoms with Crippen LogP contribution in [0.2, 0.25) is 0 Å². The standard InChI is InChI=1S/C22H11NO/c1-3-11-7-9-16-21-18(11)12(4-1)13-5-2-6-14-19(13)20-15(23-14)8-10-17(24-16)22(20)21/h1-10,23H. The predicted octanol–water partition coefficient (Wildman–Crippen LogP) is 6.35. The largest absolute Gasteiger partial charge is 0.456 e. The lowest BCUT2D eigenvalue weighted by molar-refractivity contribution is 0.669. The molecular weight excluding hydrogens is 294 g/mol. The molecule has 110 valence electrons. The highest BCUT2D eigenvalue weighted by Crippen LogP contribution is 2.48. The Morgan fingerprint density at radius 1 is 0.542 bits per heavy atom. The molecule has 0 fully saturated rings. The van der Waals surface area contributed by atoms with Gasteiger partial charge in [0.15, 0.2) is 0 Å². The summed E-state index contributed by atoms with van der Waals surface area (Å²) in [5, 5.41) is 7.68. The molecule has 1 aliphatic rings. The van der Waals surface area contributed by atoms with Crippen molar-refractivity contribution in [3.8, 4) is 11.1 Å². The molecule has 2 aromatic heterocycles. The van der Waals surface area contributed by atoms with Crippen LogP contribution in [0, 0.1) is 0 Å². The molecule has 4 aromatic carbocycles. The van der Waals surface area contributed by atoms with Crippen LogP contribution in [-0.2, 0) is 0 Å². The Balaban J connectivity index is 2.06. The summed E-state index contributed by atoms with van der Waals surface area (Å²) in [5.74, 6) is 0. The van der Waals surface area contributed by atoms with Crippen LogP contribution >= 0.6 is 0 Å². The number of aromatic nitrogens is 1. The van der Waals surface area contributed by atoms with E-state index in [0.29, 0.717) is 0 Å². The summed E-state index contributed by atoms with van der Waals surface area (Å²) in [6.45, 7) is 0. The van der Waals surface area contributed by atoms with E-state index in [2.05, 4.69) is 65.6 Å². The van der Waals surface area contributed by atoms with E-state index in [1.54, 1.807) is 0 Å². The van der Waals surface area contributed by atoms with Crippen molar-refractivity contribution in [2.24, 2.45) is 0 Å². The van der Waals surface area contributed by atoms with Crippen LogP contribution < -0.4 is 0 Å². The molecule has 1 N–H and O–H groups in total. The van der Waals surface area contributed by atoms with Crippen molar-refractivity contribution < 1.29 is 4.42 Å². The SMILES string of the molecule is c1cc2c3c(c1)ccc1oc4ccc5[nH]c6cccc-2c6c5c4c13. The Morgan fingerprint density at radius 2 is 1.25 bits per heavy atom. The highest BCUT2D eigenvalue weighted by molar-refractivity contribution is 6.37. The molecule has 0 aliphatic heterocycles. The third kappa shape index (κ3) is 1.06. The van der Waals surface area contributed by atoms with Crippen molar-refractivity contribution in [1.29, 1.82) is 0 Å². The van der Waals surface area contributed by atoms with Crippen molar-refractivity contribution in [1.82, 2.24) is 4.98 Å². The Morgan fingerprint density at radius 3 is 2.17 bits per heavy atom. The lowest BCUT2D eigenvalue weighted by Crippen LogP contribution is -1.82. The van der Waals surface area contributed by atoms with Gasteiger partial charge in [0.25, 0.3) is 0 Å². The lowest BCUT2D eigenvalue weighted by Gasteiger charge is -2.08. The normalized spacial score (nSPS) is 13.0. The van der Waals surface area contributed by atoms with Gasteiger partial charge in [0, 0.05) is 38.0 Å². The zero-order chi connectivity index (χ0) is 15.4. The summed E-state index contributed by atoms with van der Waals surface area (Å²) in [6, 6.07) is 21.6. The molecule has 0 bridgehead atoms. The first-order valence-electron chi connectivity index (χ1n) is 8.22. The lowest BCUT2D eigenvalue weighted by atomic mass is 9.95. The molecule has 2 nitrogen and oxygen atoms in total. The highest BCUT2D eigenvalue weighted by atomic mass is 16.3. The van der Waals surface area contributed by atoms with Crippen LogP contribution in [0.3, 0.4) is 0 Å². The number of H-pyrrole nitrogens is 1. The van der Waals surface area contributed by atoms with Crippen molar-refractivity contribution in [3.63, 3.8) is 0 Å². The summed E-state index contributed by atoms with van der Waals surface area (Å²) < 4.78 is 6.20. The predicted molar refractivity (Wildman–Crippen MR) is 99.6 cm³/mol. The van der Waals surface area contributed by atoms with Gasteiger partial charge in [-0.05, 0) is 40.8 Å². The van der Waals surface area contributed by atoms with Gasteiger partial charge in [-0.1, -0.05) is 36.4 Å². The van der Waals surface area contributed by atoms with E-state index in [1.165, 1.54) is 54.5 Å². The van der Waals surface area contributed by atoms with E-state index in [9.17, 15) is 0 Å². The molecule has 0 atom stereocenters. The Hall–Kier alpha value is -3.26. The summed E-state index contributed by atoms with van der Waals surface area (Å²) in [6.07, 6.45) is 0. The smallest absolute Gasteiger partial charge is 0.136 e. The quantitative estimate of drug-likeness (QED) is 0.347. The first-order valence-corrected chi connectivity index (χ1v) is 8.22. The molecule has 7 rings (SSSR count). The van der Waals surface area contributed by atoms with E-state index in [0.717, 1.165) is 11.2 Å². The second-order valence-electron chi connectivity index (χ2n) is 6.66. The van der Waals surface area contributed by atoms with Crippen molar-refractivity contribution in [2.75, 3.05) is 0 Å². The molecular formula is C22H11NO. The molecule has 1 aliphatic carbocycles. The van der Waals surface area contributed by atoms with Crippen LogP contribution in [0.5, 0.6) is 0 Å². The van der Waals surface area contributed by atoms with Crippen molar-refractivity contribution in [2.45, 2.75) is 0 Å². The molecule has 24 heavy (non-hydrogen) atoms. The van der Waals surface area contributed by atoms with E-state index < -0.39 is 0 Å². The summed E-state index contributed by atoms with van der Waals surface area (Å²) in [5.41, 5.74) is 6.91. The average molecular weight is 305 g/mol. The van der Waals surface area contributed by atoms with Gasteiger partial charge in [-0.25, -0.2) is 0 Å². The molecule has 0 unspecified atom stereocenters. The number of hydrogen-bond donors (Lipinski definition) is 1. The van der Waals surface area contributed by atoms with Gasteiger partial charge in [-0.2, -0.15) is 0 Å². The van der Waals surface area contributed by atoms with Crippen LogP contribution in [0.1, 0.15) is 0 Å². The molecule has 2 heteroatoms. The Kier molecular flexibility index (Phi) is 1.63. The fraction of sp³-hybridized carbons (Fsp3) is 0. The maximum atomic E-state index is 6.20. The Bertz CT molecular complexity index is 1500. The third-order valence-electron chi connectivity index (χ3n) is 5.52. The molecule has 0 saturated heterocycles. The van der Waals surface area contributed by atoms with Gasteiger partial charge >= 0.3 is 0 Å². The minimum absolute atomic E-state index is 0.970. The van der Waals surface area contributed by atoms with Gasteiger partial charge in [0.2, 0.25) is 0 Å². The number of rotatable bonds is 0. The number of furan rings is 1. The van der Waals surface area contributed by atoms with Gasteiger partial charge < -0.3 is 9.40 Å². The van der Waals surface area contributed by atoms with Crippen LogP contribution in [0.25, 0.3) is 65.6 Å². The van der Waals surface area contributed by atoms with Gasteiger partial charge in [0.1, 0.15) is 11.2 Å². The van der Waals surface area contributed by atoms with Gasteiger partial charge in [-0.15, -0.1) is 0 Å². The minimum Gasteiger partial charge on any atom is -0.456 e. The van der Waals surface area contributed by atoms with E-state index >= 15 is 0 Å². The van der Waals surface area contributed by atoms with Gasteiger partial charge in [-0.3, -0.25) is 0 Å². The van der Waals surface area contributed by atoms with Crippen molar-refractivity contribution in [3.05, 3.63) is 60.7 Å². The molecule has 2 heterocycles. The molecule has 0 radical (unpaired) electrons. The highest BCUT2D eigenvalue weighted by Gasteiger charge is 2.23. The number of benzene rings is 4. The number of nitrogens with one attached hydrogen (secondary N) is 1. The van der Waals surface area contributed by atoms with Crippen molar-refractivity contribution >= 4 is 54.5 Å². The van der Waals surface area contributed by atoms with Gasteiger partial charge in [0.05, 0.1) is 0 Å². The van der Waals surface area contributed by atoms with Crippen LogP contribution in [0.15, 0.2) is 65.1 Å². The molecule has 0 spiro atoms. The number of fused-ring (bicyclic) bond motifs is 1. The summed E-state index contributed by atoms with van der Waals surface area (Å²) in [7, 11) is 0. The zero-order valence-corrected chi connectivity index (χ0v) is 12.7. The molecule has 0 saturated carbocycles. The maximum absolute atomic E-state index is 6.20. The second kappa shape index (κ2) is 3.46. The fourth-order valence-electron chi connectivity index (χ4n) is 4.61. The number of hydrogen-bond acceptors (Lipinski definition) is 1. The van der Waals surface area contributed by atoms with E-state index in [1.807, 2.05) is 0 Å². The Labute approximate surface area is 136 Å². The second-order valence-corrected chi connectivity index (χ2v) is 6.66. The average Bonchev–Trinajstić information content (AvgIpc) is 3.14. The third-order valence-corrected chi connectivity index (χ3v) is 5.52. The first-order chi connectivity index (χ1) is 11.9. The monoisotopic (exact) mass is 305 g/mol. The van der Waals surface area contributed by atoms with E-state index in [-0.39, 0.29) is 0 Å². The van der Waals surface area contributed by atoms with E-state index in [4.69, 9.17) is 4.42 Å². The zero-order valence-electron chi connectivity index (χ0n) is 12.7. The topological polar surface area (TPSA) is 28.9 Å². The fourth-order valence-corrected chi connectivity index (χ4v) is 4.61.